The third-order valence-electron chi connectivity index (χ3n) is 3.92. The van der Waals surface area contributed by atoms with Crippen molar-refractivity contribution >= 4 is 18.0 Å². The number of amides is 1. The van der Waals surface area contributed by atoms with Crippen LogP contribution in [0.4, 0.5) is 13.2 Å². The van der Waals surface area contributed by atoms with Crippen LogP contribution in [0.3, 0.4) is 0 Å². The van der Waals surface area contributed by atoms with Crippen molar-refractivity contribution in [3.8, 4) is 6.07 Å². The molecule has 0 bridgehead atoms. The summed E-state index contributed by atoms with van der Waals surface area (Å²) in [6.45, 7) is 8.27. The van der Waals surface area contributed by atoms with Gasteiger partial charge < -0.3 is 14.6 Å². The van der Waals surface area contributed by atoms with Gasteiger partial charge in [-0.1, -0.05) is 13.8 Å². The van der Waals surface area contributed by atoms with Crippen molar-refractivity contribution in [2.24, 2.45) is 5.92 Å². The Labute approximate surface area is 162 Å². The molecule has 28 heavy (non-hydrogen) atoms. The van der Waals surface area contributed by atoms with Crippen molar-refractivity contribution < 1.29 is 27.5 Å². The van der Waals surface area contributed by atoms with Gasteiger partial charge in [0.2, 0.25) is 0 Å². The Hall–Kier alpha value is -2.76. The maximum Gasteiger partial charge on any atom is 0.405 e. The first-order chi connectivity index (χ1) is 12.9. The van der Waals surface area contributed by atoms with Crippen molar-refractivity contribution in [1.29, 1.82) is 5.26 Å². The Morgan fingerprint density at radius 2 is 1.93 bits per heavy atom. The third kappa shape index (κ3) is 6.76. The highest BCUT2D eigenvalue weighted by molar-refractivity contribution is 5.99. The minimum atomic E-state index is -4.57. The molecule has 1 unspecified atom stereocenters. The van der Waals surface area contributed by atoms with E-state index in [1.807, 2.05) is 19.9 Å². The lowest BCUT2D eigenvalue weighted by molar-refractivity contribution is -0.154. The molecule has 154 valence electrons. The number of carbonyl (C=O) groups excluding carboxylic acids is 2. The molecule has 1 aromatic rings. The van der Waals surface area contributed by atoms with E-state index in [9.17, 15) is 28.0 Å². The average Bonchev–Trinajstić information content (AvgIpc) is 2.83. The lowest BCUT2D eigenvalue weighted by Crippen LogP contribution is -2.40. The topological polar surface area (TPSA) is 84.1 Å². The number of nitrogens with zero attached hydrogens (tertiary/aromatic N) is 2. The average molecular weight is 399 g/mol. The van der Waals surface area contributed by atoms with E-state index in [1.54, 1.807) is 11.4 Å². The van der Waals surface area contributed by atoms with Crippen LogP contribution in [0.25, 0.3) is 6.08 Å². The van der Waals surface area contributed by atoms with Gasteiger partial charge in [-0.05, 0) is 44.4 Å². The summed E-state index contributed by atoms with van der Waals surface area (Å²) in [6.07, 6.45) is -4.70. The summed E-state index contributed by atoms with van der Waals surface area (Å²) in [5.41, 5.74) is 2.13. The van der Waals surface area contributed by atoms with E-state index < -0.39 is 30.7 Å². The molecule has 1 aromatic heterocycles. The molecule has 0 aliphatic rings. The van der Waals surface area contributed by atoms with Crippen LogP contribution in [-0.4, -0.2) is 35.3 Å². The van der Waals surface area contributed by atoms with Crippen LogP contribution in [-0.2, 0) is 20.9 Å². The van der Waals surface area contributed by atoms with Crippen molar-refractivity contribution in [3.63, 3.8) is 0 Å². The zero-order chi connectivity index (χ0) is 21.6. The highest BCUT2D eigenvalue weighted by atomic mass is 19.4. The molecule has 0 saturated carbocycles. The van der Waals surface area contributed by atoms with Gasteiger partial charge in [0.05, 0.1) is 0 Å². The van der Waals surface area contributed by atoms with Gasteiger partial charge in [0.1, 0.15) is 18.2 Å². The first kappa shape index (κ1) is 23.3. The molecule has 0 fully saturated rings. The van der Waals surface area contributed by atoms with Crippen LogP contribution in [0.2, 0.25) is 0 Å². The molecule has 1 amide bonds. The highest BCUT2D eigenvalue weighted by Gasteiger charge is 2.29. The van der Waals surface area contributed by atoms with Crippen molar-refractivity contribution in [2.45, 2.75) is 53.4 Å². The standard InChI is InChI=1S/C19H24F3N3O3/c1-11(2)9-25-12(3)6-15(13(25)4)7-16(8-23)18(27)28-14(5)17(26)24-10-19(20,21)22/h6-7,11,14H,9-10H2,1-5H3,(H,24,26). The van der Waals surface area contributed by atoms with Crippen LogP contribution in [0.1, 0.15) is 37.7 Å². The van der Waals surface area contributed by atoms with Crippen LogP contribution in [0.5, 0.6) is 0 Å². The predicted octanol–water partition coefficient (Wildman–Crippen LogP) is 3.28. The summed E-state index contributed by atoms with van der Waals surface area (Å²) in [6, 6.07) is 3.53. The largest absolute Gasteiger partial charge is 0.448 e. The minimum absolute atomic E-state index is 0.347. The molecule has 1 N–H and O–H groups in total. The number of aromatic nitrogens is 1. The monoisotopic (exact) mass is 399 g/mol. The second kappa shape index (κ2) is 9.44. The van der Waals surface area contributed by atoms with Gasteiger partial charge in [0.15, 0.2) is 6.10 Å². The summed E-state index contributed by atoms with van der Waals surface area (Å²) >= 11 is 0. The Morgan fingerprint density at radius 1 is 1.32 bits per heavy atom. The first-order valence-corrected chi connectivity index (χ1v) is 8.69. The van der Waals surface area contributed by atoms with E-state index in [-0.39, 0.29) is 5.57 Å². The molecule has 6 nitrogen and oxygen atoms in total. The molecule has 0 aliphatic carbocycles. The number of halogens is 3. The first-order valence-electron chi connectivity index (χ1n) is 8.69. The molecule has 0 spiro atoms. The summed E-state index contributed by atoms with van der Waals surface area (Å²) < 4.78 is 43.3. The summed E-state index contributed by atoms with van der Waals surface area (Å²) in [5, 5.41) is 10.9. The van der Waals surface area contributed by atoms with Gasteiger partial charge in [-0.25, -0.2) is 4.79 Å². The molecule has 1 rings (SSSR count). The van der Waals surface area contributed by atoms with E-state index in [1.165, 1.54) is 6.08 Å². The Morgan fingerprint density at radius 3 is 2.43 bits per heavy atom. The fourth-order valence-corrected chi connectivity index (χ4v) is 2.52. The fourth-order valence-electron chi connectivity index (χ4n) is 2.52. The van der Waals surface area contributed by atoms with Crippen molar-refractivity contribution in [2.75, 3.05) is 6.54 Å². The number of hydrogen-bond acceptors (Lipinski definition) is 4. The fraction of sp³-hybridized carbons (Fsp3) is 0.526. The number of hydrogen-bond donors (Lipinski definition) is 1. The normalized spacial score (nSPS) is 13.2. The SMILES string of the molecule is Cc1cc(C=C(C#N)C(=O)OC(C)C(=O)NCC(F)(F)F)c(C)n1CC(C)C. The summed E-state index contributed by atoms with van der Waals surface area (Å²) in [4.78, 5) is 23.8. The highest BCUT2D eigenvalue weighted by Crippen LogP contribution is 2.20. The van der Waals surface area contributed by atoms with Crippen molar-refractivity contribution in [3.05, 3.63) is 28.6 Å². The van der Waals surface area contributed by atoms with Gasteiger partial charge in [-0.15, -0.1) is 0 Å². The van der Waals surface area contributed by atoms with Crippen molar-refractivity contribution in [1.82, 2.24) is 9.88 Å². The number of nitriles is 1. The summed E-state index contributed by atoms with van der Waals surface area (Å²) in [7, 11) is 0. The maximum atomic E-state index is 12.2. The number of esters is 1. The molecule has 0 radical (unpaired) electrons. The van der Waals surface area contributed by atoms with E-state index in [0.29, 0.717) is 11.5 Å². The van der Waals surface area contributed by atoms with Gasteiger partial charge in [0.25, 0.3) is 5.91 Å². The Kier molecular flexibility index (Phi) is 7.85. The van der Waals surface area contributed by atoms with Crippen LogP contribution in [0.15, 0.2) is 11.6 Å². The van der Waals surface area contributed by atoms with E-state index >= 15 is 0 Å². The lowest BCUT2D eigenvalue weighted by Gasteiger charge is -2.14. The second-order valence-corrected chi connectivity index (χ2v) is 6.88. The number of aryl methyl sites for hydroxylation is 1. The zero-order valence-corrected chi connectivity index (χ0v) is 16.5. The quantitative estimate of drug-likeness (QED) is 0.433. The Balaban J connectivity index is 2.92. The lowest BCUT2D eigenvalue weighted by atomic mass is 10.1. The summed E-state index contributed by atoms with van der Waals surface area (Å²) in [5.74, 6) is -1.78. The van der Waals surface area contributed by atoms with E-state index in [4.69, 9.17) is 4.74 Å². The molecule has 0 aliphatic heterocycles. The number of carbonyl (C=O) groups is 2. The van der Waals surface area contributed by atoms with E-state index in [0.717, 1.165) is 24.9 Å². The van der Waals surface area contributed by atoms with Gasteiger partial charge in [-0.3, -0.25) is 4.79 Å². The molecule has 9 heteroatoms. The smallest absolute Gasteiger partial charge is 0.405 e. The number of nitrogens with one attached hydrogen (secondary N) is 1. The zero-order valence-electron chi connectivity index (χ0n) is 16.5. The minimum Gasteiger partial charge on any atom is -0.448 e. The van der Waals surface area contributed by atoms with Gasteiger partial charge in [-0.2, -0.15) is 18.4 Å². The van der Waals surface area contributed by atoms with Crippen LogP contribution in [0, 0.1) is 31.1 Å². The van der Waals surface area contributed by atoms with E-state index in [2.05, 4.69) is 18.4 Å². The van der Waals surface area contributed by atoms with Crippen LogP contribution < -0.4 is 5.32 Å². The molecule has 0 saturated heterocycles. The molecular weight excluding hydrogens is 375 g/mol. The Bertz CT molecular complexity index is 802. The van der Waals surface area contributed by atoms with Gasteiger partial charge in [0, 0.05) is 17.9 Å². The second-order valence-electron chi connectivity index (χ2n) is 6.88. The third-order valence-corrected chi connectivity index (χ3v) is 3.92. The molecule has 0 aromatic carbocycles. The molecular formula is C19H24F3N3O3. The molecule has 1 heterocycles. The number of ether oxygens (including phenoxy) is 1. The molecule has 1 atom stereocenters. The number of rotatable bonds is 7. The maximum absolute atomic E-state index is 12.2. The number of alkyl halides is 3. The predicted molar refractivity (Wildman–Crippen MR) is 97.0 cm³/mol. The van der Waals surface area contributed by atoms with Gasteiger partial charge >= 0.3 is 12.1 Å². The van der Waals surface area contributed by atoms with Crippen LogP contribution >= 0.6 is 0 Å².